The van der Waals surface area contributed by atoms with Crippen LogP contribution in [0, 0.1) is 0 Å². The van der Waals surface area contributed by atoms with Gasteiger partial charge in [-0.2, -0.15) is 0 Å². The van der Waals surface area contributed by atoms with Gasteiger partial charge >= 0.3 is 6.03 Å². The monoisotopic (exact) mass is 414 g/mol. The van der Waals surface area contributed by atoms with Gasteiger partial charge in [-0.15, -0.1) is 0 Å². The minimum absolute atomic E-state index is 0.393. The molecular weight excluding hydrogens is 399 g/mol. The quantitative estimate of drug-likeness (QED) is 0.639. The second kappa shape index (κ2) is 8.53. The summed E-state index contributed by atoms with van der Waals surface area (Å²) in [7, 11) is 0. The molecule has 0 spiro atoms. The molecule has 7 heteroatoms. The fourth-order valence-electron chi connectivity index (χ4n) is 2.45. The van der Waals surface area contributed by atoms with Crippen LogP contribution in [-0.4, -0.2) is 16.0 Å². The molecule has 3 aromatic rings. The van der Waals surface area contributed by atoms with E-state index in [2.05, 4.69) is 36.5 Å². The van der Waals surface area contributed by atoms with E-state index in [1.54, 1.807) is 61.1 Å². The maximum absolute atomic E-state index is 12.8. The van der Waals surface area contributed by atoms with Gasteiger partial charge in [0, 0.05) is 16.9 Å². The Hall–Kier alpha value is -2.80. The van der Waals surface area contributed by atoms with Crippen molar-refractivity contribution in [3.8, 4) is 0 Å². The van der Waals surface area contributed by atoms with Crippen molar-refractivity contribution < 1.29 is 9.18 Å². The van der Waals surface area contributed by atoms with Gasteiger partial charge in [0.1, 0.15) is 6.67 Å². The summed E-state index contributed by atoms with van der Waals surface area (Å²) < 4.78 is 13.6. The number of hydrogen-bond donors (Lipinski definition) is 2. The van der Waals surface area contributed by atoms with Gasteiger partial charge in [-0.1, -0.05) is 24.3 Å². The molecule has 0 fully saturated rings. The molecule has 2 N–H and O–H groups in total. The van der Waals surface area contributed by atoms with E-state index in [0.29, 0.717) is 16.9 Å². The van der Waals surface area contributed by atoms with Crippen LogP contribution in [0.4, 0.5) is 14.9 Å². The lowest BCUT2D eigenvalue weighted by atomic mass is 10.0. The molecule has 132 valence electrons. The Bertz CT molecular complexity index is 874. The highest BCUT2D eigenvalue weighted by Gasteiger charge is 2.20. The fourth-order valence-corrected chi connectivity index (χ4v) is 2.94. The number of carbonyl (C=O) groups is 1. The number of carbonyl (C=O) groups excluding carboxylic acids is 1. The van der Waals surface area contributed by atoms with Crippen molar-refractivity contribution in [3.05, 3.63) is 88.4 Å². The minimum atomic E-state index is -0.535. The predicted octanol–water partition coefficient (Wildman–Crippen LogP) is 4.62. The number of halogens is 2. The molecule has 2 amide bonds. The maximum atomic E-state index is 12.8. The number of alkyl halides is 1. The third-order valence-corrected chi connectivity index (χ3v) is 4.39. The Balaban J connectivity index is 1.87. The third kappa shape index (κ3) is 4.43. The third-order valence-electron chi connectivity index (χ3n) is 3.72. The number of nitrogens with zero attached hydrogens (tertiary/aromatic N) is 2. The number of aromatic nitrogens is 2. The van der Waals surface area contributed by atoms with Crippen LogP contribution in [0.25, 0.3) is 0 Å². The summed E-state index contributed by atoms with van der Waals surface area (Å²) in [5.41, 5.74) is 2.61. The highest BCUT2D eigenvalue weighted by molar-refractivity contribution is 9.10. The Morgan fingerprint density at radius 2 is 1.88 bits per heavy atom. The average molecular weight is 415 g/mol. The first-order chi connectivity index (χ1) is 12.7. The summed E-state index contributed by atoms with van der Waals surface area (Å²) in [5, 5.41) is 5.65. The first kappa shape index (κ1) is 18.0. The van der Waals surface area contributed by atoms with Crippen molar-refractivity contribution in [2.24, 2.45) is 0 Å². The summed E-state index contributed by atoms with van der Waals surface area (Å²) >= 11 is 3.47. The SMILES string of the molecule is O=C(Nc1cccnc1)N[C@@H](c1ccc(CF)cc1)c1ncccc1Br. The van der Waals surface area contributed by atoms with E-state index in [1.165, 1.54) is 0 Å². The van der Waals surface area contributed by atoms with Gasteiger partial charge in [0.2, 0.25) is 0 Å². The number of nitrogens with one attached hydrogen (secondary N) is 2. The smallest absolute Gasteiger partial charge is 0.320 e. The average Bonchev–Trinajstić information content (AvgIpc) is 2.68. The first-order valence-corrected chi connectivity index (χ1v) is 8.69. The topological polar surface area (TPSA) is 66.9 Å². The normalized spacial score (nSPS) is 11.6. The van der Waals surface area contributed by atoms with Crippen LogP contribution >= 0.6 is 15.9 Å². The zero-order valence-corrected chi connectivity index (χ0v) is 15.3. The Morgan fingerprint density at radius 3 is 2.54 bits per heavy atom. The number of hydrogen-bond acceptors (Lipinski definition) is 3. The number of pyridine rings is 2. The molecule has 0 unspecified atom stereocenters. The zero-order chi connectivity index (χ0) is 18.4. The highest BCUT2D eigenvalue weighted by atomic mass is 79.9. The lowest BCUT2D eigenvalue weighted by Gasteiger charge is -2.20. The zero-order valence-electron chi connectivity index (χ0n) is 13.7. The fraction of sp³-hybridized carbons (Fsp3) is 0.105. The van der Waals surface area contributed by atoms with Gasteiger partial charge in [-0.25, -0.2) is 9.18 Å². The van der Waals surface area contributed by atoms with Gasteiger partial charge in [0.25, 0.3) is 0 Å². The van der Waals surface area contributed by atoms with Gasteiger partial charge < -0.3 is 10.6 Å². The number of anilines is 1. The molecule has 1 aromatic carbocycles. The minimum Gasteiger partial charge on any atom is -0.325 e. The maximum Gasteiger partial charge on any atom is 0.320 e. The number of benzene rings is 1. The van der Waals surface area contributed by atoms with E-state index in [0.717, 1.165) is 10.0 Å². The van der Waals surface area contributed by atoms with Crippen LogP contribution in [0.3, 0.4) is 0 Å². The summed E-state index contributed by atoms with van der Waals surface area (Å²) in [6.07, 6.45) is 4.84. The molecule has 0 radical (unpaired) electrons. The van der Waals surface area contributed by atoms with Crippen molar-refractivity contribution in [2.45, 2.75) is 12.7 Å². The lowest BCUT2D eigenvalue weighted by molar-refractivity contribution is 0.250. The van der Waals surface area contributed by atoms with Gasteiger partial charge in [0.15, 0.2) is 0 Å². The summed E-state index contributed by atoms with van der Waals surface area (Å²) in [6.45, 7) is -0.535. The van der Waals surface area contributed by atoms with Crippen molar-refractivity contribution >= 4 is 27.6 Å². The van der Waals surface area contributed by atoms with E-state index in [1.807, 2.05) is 6.07 Å². The van der Waals surface area contributed by atoms with Crippen molar-refractivity contribution in [1.82, 2.24) is 15.3 Å². The van der Waals surface area contributed by atoms with E-state index < -0.39 is 18.7 Å². The largest absolute Gasteiger partial charge is 0.325 e. The van der Waals surface area contributed by atoms with Crippen LogP contribution in [0.15, 0.2) is 71.6 Å². The van der Waals surface area contributed by atoms with Crippen molar-refractivity contribution in [2.75, 3.05) is 5.32 Å². The molecular formula is C19H16BrFN4O. The molecule has 0 saturated heterocycles. The van der Waals surface area contributed by atoms with Crippen LogP contribution in [-0.2, 0) is 6.67 Å². The molecule has 3 rings (SSSR count). The van der Waals surface area contributed by atoms with E-state index >= 15 is 0 Å². The number of urea groups is 1. The highest BCUT2D eigenvalue weighted by Crippen LogP contribution is 2.27. The molecule has 26 heavy (non-hydrogen) atoms. The molecule has 0 aliphatic carbocycles. The van der Waals surface area contributed by atoms with Crippen molar-refractivity contribution in [3.63, 3.8) is 0 Å². The molecule has 0 aliphatic heterocycles. The van der Waals surface area contributed by atoms with Crippen LogP contribution in [0.5, 0.6) is 0 Å². The molecule has 0 saturated carbocycles. The second-order valence-corrected chi connectivity index (χ2v) is 6.37. The lowest BCUT2D eigenvalue weighted by Crippen LogP contribution is -2.33. The summed E-state index contributed by atoms with van der Waals surface area (Å²) in [6, 6.07) is 13.2. The summed E-state index contributed by atoms with van der Waals surface area (Å²) in [4.78, 5) is 20.8. The van der Waals surface area contributed by atoms with E-state index in [-0.39, 0.29) is 0 Å². The molecule has 2 aromatic heterocycles. The Labute approximate surface area is 158 Å². The second-order valence-electron chi connectivity index (χ2n) is 5.52. The molecule has 2 heterocycles. The summed E-state index contributed by atoms with van der Waals surface area (Å²) in [5.74, 6) is 0. The van der Waals surface area contributed by atoms with Gasteiger partial charge in [0.05, 0.1) is 23.6 Å². The van der Waals surface area contributed by atoms with E-state index in [4.69, 9.17) is 0 Å². The Morgan fingerprint density at radius 1 is 1.12 bits per heavy atom. The van der Waals surface area contributed by atoms with Crippen LogP contribution in [0.1, 0.15) is 22.9 Å². The van der Waals surface area contributed by atoms with Gasteiger partial charge in [-0.05, 0) is 51.3 Å². The number of rotatable bonds is 5. The number of amides is 2. The first-order valence-electron chi connectivity index (χ1n) is 7.90. The Kier molecular flexibility index (Phi) is 5.91. The van der Waals surface area contributed by atoms with Crippen LogP contribution < -0.4 is 10.6 Å². The molecule has 0 bridgehead atoms. The predicted molar refractivity (Wildman–Crippen MR) is 101 cm³/mol. The van der Waals surface area contributed by atoms with E-state index in [9.17, 15) is 9.18 Å². The molecule has 0 aliphatic rings. The standard InChI is InChI=1S/C19H16BrFN4O/c20-16-4-2-10-23-18(16)17(14-7-5-13(11-21)6-8-14)25-19(26)24-15-3-1-9-22-12-15/h1-10,12,17H,11H2,(H2,24,25,26)/t17-/m0/s1. The molecule has 1 atom stereocenters. The van der Waals surface area contributed by atoms with Crippen LogP contribution in [0.2, 0.25) is 0 Å². The van der Waals surface area contributed by atoms with Crippen molar-refractivity contribution in [1.29, 1.82) is 0 Å². The molecule has 5 nitrogen and oxygen atoms in total. The van der Waals surface area contributed by atoms with Gasteiger partial charge in [-0.3, -0.25) is 9.97 Å².